The Morgan fingerprint density at radius 1 is 1.36 bits per heavy atom. The molecule has 72 valence electrons. The van der Waals surface area contributed by atoms with E-state index in [-0.39, 0.29) is 5.54 Å². The molecule has 1 heterocycles. The Morgan fingerprint density at radius 2 is 2.07 bits per heavy atom. The number of rotatable bonds is 1. The summed E-state index contributed by atoms with van der Waals surface area (Å²) in [7, 11) is 0. The first-order valence-corrected chi connectivity index (χ1v) is 5.07. The standard InChI is InChI=1S/C13H15N/c1-3-13(2)10-7-11-14(13)12-8-5-4-6-9-12/h1,4-6,8-9H,7,10-11H2,2H3/t13-/m0/s1. The predicted octanol–water partition coefficient (Wildman–Crippen LogP) is 2.68. The van der Waals surface area contributed by atoms with E-state index >= 15 is 0 Å². The van der Waals surface area contributed by atoms with Crippen molar-refractivity contribution < 1.29 is 0 Å². The maximum absolute atomic E-state index is 5.60. The van der Waals surface area contributed by atoms with Crippen molar-refractivity contribution in [3.05, 3.63) is 30.3 Å². The first kappa shape index (κ1) is 9.15. The largest absolute Gasteiger partial charge is 0.355 e. The topological polar surface area (TPSA) is 3.24 Å². The van der Waals surface area contributed by atoms with Crippen LogP contribution in [0.15, 0.2) is 30.3 Å². The lowest BCUT2D eigenvalue weighted by Crippen LogP contribution is -2.39. The van der Waals surface area contributed by atoms with E-state index in [0.29, 0.717) is 0 Å². The number of anilines is 1. The molecule has 1 atom stereocenters. The second-order valence-corrected chi connectivity index (χ2v) is 4.01. The maximum atomic E-state index is 5.60. The van der Waals surface area contributed by atoms with Crippen molar-refractivity contribution >= 4 is 5.69 Å². The normalized spacial score (nSPS) is 26.1. The Morgan fingerprint density at radius 3 is 2.71 bits per heavy atom. The molecule has 0 aromatic heterocycles. The minimum absolute atomic E-state index is 0.0820. The Labute approximate surface area is 85.7 Å². The Kier molecular flexibility index (Phi) is 2.21. The molecule has 14 heavy (non-hydrogen) atoms. The number of terminal acetylenes is 1. The zero-order valence-corrected chi connectivity index (χ0v) is 8.53. The number of para-hydroxylation sites is 1. The summed E-state index contributed by atoms with van der Waals surface area (Å²) in [4.78, 5) is 2.33. The first-order valence-electron chi connectivity index (χ1n) is 5.07. The second kappa shape index (κ2) is 3.38. The lowest BCUT2D eigenvalue weighted by molar-refractivity contribution is 0.604. The van der Waals surface area contributed by atoms with Crippen molar-refractivity contribution in [3.8, 4) is 12.3 Å². The van der Waals surface area contributed by atoms with E-state index in [9.17, 15) is 0 Å². The average molecular weight is 185 g/mol. The van der Waals surface area contributed by atoms with Gasteiger partial charge in [-0.3, -0.25) is 0 Å². The van der Waals surface area contributed by atoms with Gasteiger partial charge in [-0.15, -0.1) is 6.42 Å². The highest BCUT2D eigenvalue weighted by molar-refractivity contribution is 5.52. The fraction of sp³-hybridized carbons (Fsp3) is 0.385. The summed E-state index contributed by atoms with van der Waals surface area (Å²) in [6.45, 7) is 3.22. The first-order chi connectivity index (χ1) is 6.76. The number of hydrogen-bond acceptors (Lipinski definition) is 1. The van der Waals surface area contributed by atoms with Crippen LogP contribution in [0.1, 0.15) is 19.8 Å². The molecular formula is C13H15N. The molecule has 1 aliphatic heterocycles. The molecule has 1 nitrogen and oxygen atoms in total. The summed E-state index contributed by atoms with van der Waals surface area (Å²) >= 11 is 0. The van der Waals surface area contributed by atoms with Gasteiger partial charge in [0.25, 0.3) is 0 Å². The molecule has 0 bridgehead atoms. The molecule has 0 aliphatic carbocycles. The van der Waals surface area contributed by atoms with E-state index in [1.165, 1.54) is 12.1 Å². The summed E-state index contributed by atoms with van der Waals surface area (Å²) in [6.07, 6.45) is 7.89. The van der Waals surface area contributed by atoms with Gasteiger partial charge in [0, 0.05) is 12.2 Å². The van der Waals surface area contributed by atoms with E-state index in [1.54, 1.807) is 0 Å². The lowest BCUT2D eigenvalue weighted by Gasteiger charge is -2.32. The monoisotopic (exact) mass is 185 g/mol. The highest BCUT2D eigenvalue weighted by Gasteiger charge is 2.34. The van der Waals surface area contributed by atoms with E-state index in [0.717, 1.165) is 13.0 Å². The summed E-state index contributed by atoms with van der Waals surface area (Å²) in [5, 5.41) is 0. The van der Waals surface area contributed by atoms with Crippen LogP contribution in [0.2, 0.25) is 0 Å². The molecule has 0 N–H and O–H groups in total. The second-order valence-electron chi connectivity index (χ2n) is 4.01. The van der Waals surface area contributed by atoms with Crippen molar-refractivity contribution in [2.45, 2.75) is 25.3 Å². The van der Waals surface area contributed by atoms with Gasteiger partial charge in [-0.25, -0.2) is 0 Å². The molecule has 1 aliphatic rings. The van der Waals surface area contributed by atoms with Crippen LogP contribution in [0.5, 0.6) is 0 Å². The maximum Gasteiger partial charge on any atom is 0.0982 e. The third-order valence-electron chi connectivity index (χ3n) is 3.02. The highest BCUT2D eigenvalue weighted by Crippen LogP contribution is 2.32. The molecule has 1 saturated heterocycles. The van der Waals surface area contributed by atoms with Crippen LogP contribution in [0.3, 0.4) is 0 Å². The average Bonchev–Trinajstić information content (AvgIpc) is 2.63. The zero-order chi connectivity index (χ0) is 10.0. The van der Waals surface area contributed by atoms with Crippen LogP contribution in [0.4, 0.5) is 5.69 Å². The van der Waals surface area contributed by atoms with E-state index < -0.39 is 0 Å². The van der Waals surface area contributed by atoms with Gasteiger partial charge in [-0.1, -0.05) is 24.1 Å². The third-order valence-corrected chi connectivity index (χ3v) is 3.02. The van der Waals surface area contributed by atoms with E-state index in [4.69, 9.17) is 6.42 Å². The highest BCUT2D eigenvalue weighted by atomic mass is 15.2. The summed E-state index contributed by atoms with van der Waals surface area (Å²) in [6, 6.07) is 10.4. The van der Waals surface area contributed by atoms with Gasteiger partial charge >= 0.3 is 0 Å². The van der Waals surface area contributed by atoms with Crippen LogP contribution in [-0.4, -0.2) is 12.1 Å². The van der Waals surface area contributed by atoms with Crippen molar-refractivity contribution in [2.75, 3.05) is 11.4 Å². The van der Waals surface area contributed by atoms with Gasteiger partial charge in [0.05, 0.1) is 5.54 Å². The Bertz CT molecular complexity index is 349. The van der Waals surface area contributed by atoms with Crippen LogP contribution >= 0.6 is 0 Å². The van der Waals surface area contributed by atoms with Gasteiger partial charge in [-0.05, 0) is 31.9 Å². The van der Waals surface area contributed by atoms with Crippen molar-refractivity contribution in [1.82, 2.24) is 0 Å². The molecule has 0 spiro atoms. The molecule has 1 aromatic carbocycles. The third kappa shape index (κ3) is 1.37. The molecule has 0 amide bonds. The Hall–Kier alpha value is -1.42. The van der Waals surface area contributed by atoms with Crippen LogP contribution < -0.4 is 4.90 Å². The van der Waals surface area contributed by atoms with Crippen molar-refractivity contribution in [2.24, 2.45) is 0 Å². The van der Waals surface area contributed by atoms with Crippen LogP contribution in [-0.2, 0) is 0 Å². The molecule has 2 rings (SSSR count). The van der Waals surface area contributed by atoms with Crippen molar-refractivity contribution in [3.63, 3.8) is 0 Å². The molecule has 1 aromatic rings. The number of benzene rings is 1. The summed E-state index contributed by atoms with van der Waals surface area (Å²) in [5.41, 5.74) is 1.16. The van der Waals surface area contributed by atoms with Gasteiger partial charge in [0.1, 0.15) is 0 Å². The SMILES string of the molecule is C#C[C@@]1(C)CCCN1c1ccccc1. The zero-order valence-electron chi connectivity index (χ0n) is 8.53. The van der Waals surface area contributed by atoms with E-state index in [1.807, 2.05) is 6.07 Å². The fourth-order valence-electron chi connectivity index (χ4n) is 2.14. The predicted molar refractivity (Wildman–Crippen MR) is 60.3 cm³/mol. The van der Waals surface area contributed by atoms with Gasteiger partial charge < -0.3 is 4.90 Å². The van der Waals surface area contributed by atoms with Crippen molar-refractivity contribution in [1.29, 1.82) is 0 Å². The fourth-order valence-corrected chi connectivity index (χ4v) is 2.14. The van der Waals surface area contributed by atoms with Gasteiger partial charge in [-0.2, -0.15) is 0 Å². The summed E-state index contributed by atoms with van der Waals surface area (Å²) < 4.78 is 0. The molecule has 0 radical (unpaired) electrons. The quantitative estimate of drug-likeness (QED) is 0.608. The van der Waals surface area contributed by atoms with Crippen LogP contribution in [0.25, 0.3) is 0 Å². The van der Waals surface area contributed by atoms with Gasteiger partial charge in [0.2, 0.25) is 0 Å². The molecule has 0 saturated carbocycles. The van der Waals surface area contributed by atoms with Gasteiger partial charge in [0.15, 0.2) is 0 Å². The molecular weight excluding hydrogens is 170 g/mol. The Balaban J connectivity index is 2.32. The van der Waals surface area contributed by atoms with E-state index in [2.05, 4.69) is 42.0 Å². The molecule has 0 unspecified atom stereocenters. The molecule has 1 heteroatoms. The molecule has 1 fully saturated rings. The minimum atomic E-state index is -0.0820. The minimum Gasteiger partial charge on any atom is -0.355 e. The number of hydrogen-bond donors (Lipinski definition) is 0. The number of nitrogens with zero attached hydrogens (tertiary/aromatic N) is 1. The smallest absolute Gasteiger partial charge is 0.0982 e. The summed E-state index contributed by atoms with van der Waals surface area (Å²) in [5.74, 6) is 2.91. The van der Waals surface area contributed by atoms with Crippen LogP contribution in [0, 0.1) is 12.3 Å². The lowest BCUT2D eigenvalue weighted by atomic mass is 10.00.